The Morgan fingerprint density at radius 3 is 2.71 bits per heavy atom. The van der Waals surface area contributed by atoms with Gasteiger partial charge in [-0.1, -0.05) is 0 Å². The van der Waals surface area contributed by atoms with Crippen molar-refractivity contribution < 1.29 is 4.74 Å². The molecule has 1 aromatic rings. The molecule has 0 aromatic carbocycles. The van der Waals surface area contributed by atoms with Gasteiger partial charge >= 0.3 is 5.69 Å². The van der Waals surface area contributed by atoms with Crippen molar-refractivity contribution in [2.75, 3.05) is 6.61 Å². The van der Waals surface area contributed by atoms with E-state index < -0.39 is 16.9 Å². The van der Waals surface area contributed by atoms with Crippen LogP contribution in [0.3, 0.4) is 0 Å². The quantitative estimate of drug-likeness (QED) is 0.811. The van der Waals surface area contributed by atoms with E-state index in [-0.39, 0.29) is 12.1 Å². The lowest BCUT2D eigenvalue weighted by Crippen LogP contribution is -2.39. The van der Waals surface area contributed by atoms with E-state index in [0.717, 1.165) is 0 Å². The lowest BCUT2D eigenvalue weighted by molar-refractivity contribution is -0.0233. The third kappa shape index (κ3) is 3.29. The molecular formula is C11H15N3O3. The standard InChI is InChI=1S/C11H15N3O3/c1-4-17-11(2,3)7-14-6-8(5-12)9(15)13-10(14)16/h6H,4,7H2,1-3H3,(H,13,15,16). The van der Waals surface area contributed by atoms with E-state index in [1.165, 1.54) is 10.8 Å². The average molecular weight is 237 g/mol. The van der Waals surface area contributed by atoms with Gasteiger partial charge in [-0.15, -0.1) is 0 Å². The highest BCUT2D eigenvalue weighted by molar-refractivity contribution is 5.21. The molecule has 0 bridgehead atoms. The van der Waals surface area contributed by atoms with Crippen LogP contribution in [-0.4, -0.2) is 21.8 Å². The smallest absolute Gasteiger partial charge is 0.328 e. The predicted molar refractivity (Wildman–Crippen MR) is 61.7 cm³/mol. The molecule has 0 aliphatic heterocycles. The Hall–Kier alpha value is -1.87. The molecule has 0 saturated carbocycles. The number of nitrogens with one attached hydrogen (secondary N) is 1. The van der Waals surface area contributed by atoms with Gasteiger partial charge in [0.05, 0.1) is 12.1 Å². The summed E-state index contributed by atoms with van der Waals surface area (Å²) in [6.45, 7) is 6.32. The highest BCUT2D eigenvalue weighted by Crippen LogP contribution is 2.10. The van der Waals surface area contributed by atoms with Crippen molar-refractivity contribution in [2.45, 2.75) is 32.9 Å². The van der Waals surface area contributed by atoms with Crippen LogP contribution in [0.4, 0.5) is 0 Å². The van der Waals surface area contributed by atoms with Crippen LogP contribution in [0.15, 0.2) is 15.8 Å². The summed E-state index contributed by atoms with van der Waals surface area (Å²) < 4.78 is 6.73. The van der Waals surface area contributed by atoms with Gasteiger partial charge in [0.25, 0.3) is 5.56 Å². The summed E-state index contributed by atoms with van der Waals surface area (Å²) in [5.41, 5.74) is -1.83. The van der Waals surface area contributed by atoms with Gasteiger partial charge in [-0.3, -0.25) is 14.3 Å². The lowest BCUT2D eigenvalue weighted by atomic mass is 10.1. The van der Waals surface area contributed by atoms with Gasteiger partial charge in [-0.05, 0) is 20.8 Å². The van der Waals surface area contributed by atoms with Crippen molar-refractivity contribution >= 4 is 0 Å². The van der Waals surface area contributed by atoms with E-state index >= 15 is 0 Å². The first-order valence-corrected chi connectivity index (χ1v) is 5.27. The van der Waals surface area contributed by atoms with Crippen LogP contribution in [0.1, 0.15) is 26.3 Å². The molecular weight excluding hydrogens is 222 g/mol. The average Bonchev–Trinajstić information content (AvgIpc) is 2.21. The molecule has 1 aromatic heterocycles. The normalized spacial score (nSPS) is 11.2. The van der Waals surface area contributed by atoms with Gasteiger partial charge in [-0.2, -0.15) is 5.26 Å². The zero-order valence-electron chi connectivity index (χ0n) is 10.1. The Bertz CT molecular complexity index is 548. The second-order valence-electron chi connectivity index (χ2n) is 4.23. The fourth-order valence-corrected chi connectivity index (χ4v) is 1.55. The fourth-order valence-electron chi connectivity index (χ4n) is 1.55. The summed E-state index contributed by atoms with van der Waals surface area (Å²) in [4.78, 5) is 24.8. The first kappa shape index (κ1) is 13.2. The molecule has 17 heavy (non-hydrogen) atoms. The van der Waals surface area contributed by atoms with E-state index in [1.807, 2.05) is 20.8 Å². The Labute approximate surface area is 98.5 Å². The Kier molecular flexibility index (Phi) is 3.86. The van der Waals surface area contributed by atoms with Gasteiger partial charge in [0, 0.05) is 12.8 Å². The molecule has 0 amide bonds. The monoisotopic (exact) mass is 237 g/mol. The van der Waals surface area contributed by atoms with E-state index in [4.69, 9.17) is 10.00 Å². The number of hydrogen-bond donors (Lipinski definition) is 1. The third-order valence-corrected chi connectivity index (χ3v) is 2.22. The molecule has 0 atom stereocenters. The molecule has 0 saturated heterocycles. The molecule has 1 rings (SSSR count). The van der Waals surface area contributed by atoms with Crippen molar-refractivity contribution in [3.8, 4) is 6.07 Å². The minimum atomic E-state index is -0.664. The maximum Gasteiger partial charge on any atom is 0.328 e. The van der Waals surface area contributed by atoms with Crippen molar-refractivity contribution in [2.24, 2.45) is 0 Å². The van der Waals surface area contributed by atoms with Crippen LogP contribution in [-0.2, 0) is 11.3 Å². The summed E-state index contributed by atoms with van der Waals surface area (Å²) in [5.74, 6) is 0. The SMILES string of the molecule is CCOC(C)(C)Cn1cc(C#N)c(=O)[nH]c1=O. The molecule has 0 spiro atoms. The zero-order chi connectivity index (χ0) is 13.1. The van der Waals surface area contributed by atoms with E-state index in [2.05, 4.69) is 4.98 Å². The van der Waals surface area contributed by atoms with Crippen LogP contribution >= 0.6 is 0 Å². The Morgan fingerprint density at radius 1 is 1.53 bits per heavy atom. The predicted octanol–water partition coefficient (Wildman–Crippen LogP) is 0.223. The van der Waals surface area contributed by atoms with Gasteiger partial charge in [0.1, 0.15) is 11.6 Å². The van der Waals surface area contributed by atoms with Gasteiger partial charge in [0.15, 0.2) is 0 Å². The van der Waals surface area contributed by atoms with Crippen molar-refractivity contribution in [3.63, 3.8) is 0 Å². The number of aromatic amines is 1. The summed E-state index contributed by atoms with van der Waals surface area (Å²) in [5, 5.41) is 8.72. The molecule has 1 heterocycles. The maximum absolute atomic E-state index is 11.5. The second kappa shape index (κ2) is 4.97. The highest BCUT2D eigenvalue weighted by Gasteiger charge is 2.19. The van der Waals surface area contributed by atoms with Crippen LogP contribution in [0, 0.1) is 11.3 Å². The van der Waals surface area contributed by atoms with Crippen molar-refractivity contribution in [1.82, 2.24) is 9.55 Å². The van der Waals surface area contributed by atoms with Crippen LogP contribution in [0.5, 0.6) is 0 Å². The van der Waals surface area contributed by atoms with Crippen LogP contribution in [0.2, 0.25) is 0 Å². The summed E-state index contributed by atoms with van der Waals surface area (Å²) >= 11 is 0. The summed E-state index contributed by atoms with van der Waals surface area (Å²) in [7, 11) is 0. The van der Waals surface area contributed by atoms with Gasteiger partial charge in [-0.25, -0.2) is 4.79 Å². The minimum absolute atomic E-state index is 0.0862. The fraction of sp³-hybridized carbons (Fsp3) is 0.545. The van der Waals surface area contributed by atoms with Gasteiger partial charge < -0.3 is 4.74 Å². The number of H-pyrrole nitrogens is 1. The first-order valence-electron chi connectivity index (χ1n) is 5.27. The van der Waals surface area contributed by atoms with E-state index in [0.29, 0.717) is 6.61 Å². The number of hydrogen-bond acceptors (Lipinski definition) is 4. The Balaban J connectivity index is 3.13. The summed E-state index contributed by atoms with van der Waals surface area (Å²) in [6.07, 6.45) is 1.25. The first-order chi connectivity index (χ1) is 7.89. The number of rotatable bonds is 4. The molecule has 0 aliphatic rings. The number of nitrogens with zero attached hydrogens (tertiary/aromatic N) is 2. The molecule has 6 heteroatoms. The van der Waals surface area contributed by atoms with Crippen molar-refractivity contribution in [1.29, 1.82) is 5.26 Å². The largest absolute Gasteiger partial charge is 0.374 e. The maximum atomic E-state index is 11.5. The molecule has 0 fully saturated rings. The molecule has 6 nitrogen and oxygen atoms in total. The summed E-state index contributed by atoms with van der Waals surface area (Å²) in [6, 6.07) is 1.74. The molecule has 0 aliphatic carbocycles. The molecule has 1 N–H and O–H groups in total. The highest BCUT2D eigenvalue weighted by atomic mass is 16.5. The zero-order valence-corrected chi connectivity index (χ0v) is 10.1. The van der Waals surface area contributed by atoms with Crippen LogP contribution in [0.25, 0.3) is 0 Å². The molecule has 0 radical (unpaired) electrons. The minimum Gasteiger partial charge on any atom is -0.374 e. The molecule has 92 valence electrons. The lowest BCUT2D eigenvalue weighted by Gasteiger charge is -2.25. The van der Waals surface area contributed by atoms with Gasteiger partial charge in [0.2, 0.25) is 0 Å². The topological polar surface area (TPSA) is 87.9 Å². The number of aromatic nitrogens is 2. The van der Waals surface area contributed by atoms with Crippen molar-refractivity contribution in [3.05, 3.63) is 32.6 Å². The van der Waals surface area contributed by atoms with Crippen LogP contribution < -0.4 is 11.2 Å². The van der Waals surface area contributed by atoms with E-state index in [1.54, 1.807) is 6.07 Å². The van der Waals surface area contributed by atoms with E-state index in [9.17, 15) is 9.59 Å². The number of ether oxygens (including phenoxy) is 1. The molecule has 0 unspecified atom stereocenters. The Morgan fingerprint density at radius 2 is 2.18 bits per heavy atom. The second-order valence-corrected chi connectivity index (χ2v) is 4.23. The third-order valence-electron chi connectivity index (χ3n) is 2.22. The number of nitriles is 1.